The molecular formula is C21H20N6O3. The average molecular weight is 404 g/mol. The molecule has 9 nitrogen and oxygen atoms in total. The maximum atomic E-state index is 12.6. The molecule has 9 heteroatoms. The van der Waals surface area contributed by atoms with Crippen molar-refractivity contribution in [2.24, 2.45) is 0 Å². The molecule has 2 heterocycles. The van der Waals surface area contributed by atoms with Crippen LogP contribution in [0.2, 0.25) is 0 Å². The van der Waals surface area contributed by atoms with E-state index in [1.807, 2.05) is 36.4 Å². The quantitative estimate of drug-likeness (QED) is 0.490. The second kappa shape index (κ2) is 8.48. The highest BCUT2D eigenvalue weighted by Crippen LogP contribution is 2.31. The van der Waals surface area contributed by atoms with Gasteiger partial charge < -0.3 is 14.8 Å². The van der Waals surface area contributed by atoms with Crippen LogP contribution in [0.5, 0.6) is 11.5 Å². The fraction of sp³-hybridized carbons (Fsp3) is 0.143. The van der Waals surface area contributed by atoms with Gasteiger partial charge >= 0.3 is 0 Å². The Kier molecular flexibility index (Phi) is 5.42. The van der Waals surface area contributed by atoms with Crippen LogP contribution in [0.3, 0.4) is 0 Å². The van der Waals surface area contributed by atoms with E-state index in [4.69, 9.17) is 9.47 Å². The minimum atomic E-state index is -0.279. The van der Waals surface area contributed by atoms with Gasteiger partial charge in [-0.3, -0.25) is 9.89 Å². The Hall–Kier alpha value is -4.14. The standard InChI is InChI=1S/C21H20N6O3/c1-29-19-8-5-15(9-20(19)30-2)17-10-18(26-25-17)21(28)24-16-6-3-14(4-7-16)11-27-13-22-12-23-27/h3-10,12-13H,11H2,1-2H3,(H,24,28)(H,25,26). The van der Waals surface area contributed by atoms with Gasteiger partial charge in [-0.25, -0.2) is 9.67 Å². The third-order valence-corrected chi connectivity index (χ3v) is 4.52. The largest absolute Gasteiger partial charge is 0.493 e. The van der Waals surface area contributed by atoms with Gasteiger partial charge in [0.15, 0.2) is 11.5 Å². The summed E-state index contributed by atoms with van der Waals surface area (Å²) in [6.07, 6.45) is 3.15. The third-order valence-electron chi connectivity index (χ3n) is 4.52. The van der Waals surface area contributed by atoms with Gasteiger partial charge in [-0.05, 0) is 42.0 Å². The van der Waals surface area contributed by atoms with Gasteiger partial charge in [0, 0.05) is 11.3 Å². The summed E-state index contributed by atoms with van der Waals surface area (Å²) >= 11 is 0. The van der Waals surface area contributed by atoms with Crippen molar-refractivity contribution >= 4 is 11.6 Å². The number of nitrogens with zero attached hydrogens (tertiary/aromatic N) is 4. The van der Waals surface area contributed by atoms with Crippen LogP contribution in [0.4, 0.5) is 5.69 Å². The van der Waals surface area contributed by atoms with E-state index >= 15 is 0 Å². The normalized spacial score (nSPS) is 10.6. The molecule has 0 saturated heterocycles. The van der Waals surface area contributed by atoms with Crippen molar-refractivity contribution in [1.82, 2.24) is 25.0 Å². The molecule has 0 aliphatic carbocycles. The zero-order valence-electron chi connectivity index (χ0n) is 16.5. The topological polar surface area (TPSA) is 107 Å². The van der Waals surface area contributed by atoms with Crippen LogP contribution in [-0.2, 0) is 6.54 Å². The van der Waals surface area contributed by atoms with Crippen molar-refractivity contribution in [3.8, 4) is 22.8 Å². The van der Waals surface area contributed by atoms with E-state index in [0.717, 1.165) is 11.1 Å². The van der Waals surface area contributed by atoms with Crippen molar-refractivity contribution in [1.29, 1.82) is 0 Å². The molecule has 152 valence electrons. The lowest BCUT2D eigenvalue weighted by molar-refractivity contribution is 0.102. The predicted octanol–water partition coefficient (Wildman–Crippen LogP) is 2.99. The molecule has 0 fully saturated rings. The smallest absolute Gasteiger partial charge is 0.273 e. The maximum absolute atomic E-state index is 12.6. The number of carbonyl (C=O) groups is 1. The lowest BCUT2D eigenvalue weighted by Gasteiger charge is -2.08. The summed E-state index contributed by atoms with van der Waals surface area (Å²) < 4.78 is 12.3. The van der Waals surface area contributed by atoms with Gasteiger partial charge in [0.05, 0.1) is 26.5 Å². The summed E-state index contributed by atoms with van der Waals surface area (Å²) in [6.45, 7) is 0.615. The van der Waals surface area contributed by atoms with E-state index < -0.39 is 0 Å². The second-order valence-electron chi connectivity index (χ2n) is 6.48. The number of benzene rings is 2. The number of nitrogens with one attached hydrogen (secondary N) is 2. The number of rotatable bonds is 7. The first-order valence-corrected chi connectivity index (χ1v) is 9.17. The summed E-state index contributed by atoms with van der Waals surface area (Å²) in [5.74, 6) is 0.940. The molecule has 4 aromatic rings. The van der Waals surface area contributed by atoms with Crippen molar-refractivity contribution < 1.29 is 14.3 Å². The molecule has 0 radical (unpaired) electrons. The number of aromatic nitrogens is 5. The predicted molar refractivity (Wildman–Crippen MR) is 111 cm³/mol. The van der Waals surface area contributed by atoms with Crippen molar-refractivity contribution in [3.63, 3.8) is 0 Å². The number of carbonyl (C=O) groups excluding carboxylic acids is 1. The Morgan fingerprint density at radius 1 is 1.07 bits per heavy atom. The summed E-state index contributed by atoms with van der Waals surface area (Å²) in [6, 6.07) is 14.7. The minimum Gasteiger partial charge on any atom is -0.493 e. The molecule has 2 aromatic heterocycles. The highest BCUT2D eigenvalue weighted by Gasteiger charge is 2.13. The molecule has 0 aliphatic heterocycles. The molecule has 1 amide bonds. The molecular weight excluding hydrogens is 384 g/mol. The lowest BCUT2D eigenvalue weighted by Crippen LogP contribution is -2.12. The van der Waals surface area contributed by atoms with Crippen LogP contribution in [0.25, 0.3) is 11.3 Å². The molecule has 0 bridgehead atoms. The number of ether oxygens (including phenoxy) is 2. The summed E-state index contributed by atoms with van der Waals surface area (Å²) in [5.41, 5.74) is 3.52. The van der Waals surface area contributed by atoms with Crippen LogP contribution in [-0.4, -0.2) is 45.1 Å². The van der Waals surface area contributed by atoms with E-state index in [1.165, 1.54) is 6.33 Å². The van der Waals surface area contributed by atoms with E-state index in [2.05, 4.69) is 25.6 Å². The molecule has 4 rings (SSSR count). The number of amides is 1. The first-order valence-electron chi connectivity index (χ1n) is 9.17. The number of anilines is 1. The molecule has 0 saturated carbocycles. The highest BCUT2D eigenvalue weighted by atomic mass is 16.5. The van der Waals surface area contributed by atoms with E-state index in [9.17, 15) is 4.79 Å². The van der Waals surface area contributed by atoms with Gasteiger partial charge in [0.1, 0.15) is 18.3 Å². The summed E-state index contributed by atoms with van der Waals surface area (Å²) in [5, 5.41) is 14.0. The number of hydrogen-bond donors (Lipinski definition) is 2. The van der Waals surface area contributed by atoms with E-state index in [-0.39, 0.29) is 5.91 Å². The summed E-state index contributed by atoms with van der Waals surface area (Å²) in [4.78, 5) is 16.5. The Bertz CT molecular complexity index is 1140. The number of aromatic amines is 1. The zero-order chi connectivity index (χ0) is 20.9. The van der Waals surface area contributed by atoms with Gasteiger partial charge in [-0.15, -0.1) is 0 Å². The molecule has 0 atom stereocenters. The summed E-state index contributed by atoms with van der Waals surface area (Å²) in [7, 11) is 3.15. The SMILES string of the molecule is COc1ccc(-c2cc(C(=O)Nc3ccc(Cn4cncn4)cc3)[nH]n2)cc1OC. The van der Waals surface area contributed by atoms with Crippen LogP contribution in [0.1, 0.15) is 16.1 Å². The Morgan fingerprint density at radius 2 is 1.87 bits per heavy atom. The van der Waals surface area contributed by atoms with Crippen LogP contribution >= 0.6 is 0 Å². The number of H-pyrrole nitrogens is 1. The molecule has 0 aliphatic rings. The minimum absolute atomic E-state index is 0.279. The average Bonchev–Trinajstić information content (AvgIpc) is 3.47. The molecule has 2 aromatic carbocycles. The molecule has 0 spiro atoms. The first-order chi connectivity index (χ1) is 14.7. The van der Waals surface area contributed by atoms with Crippen LogP contribution in [0, 0.1) is 0 Å². The fourth-order valence-corrected chi connectivity index (χ4v) is 2.97. The van der Waals surface area contributed by atoms with E-state index in [1.54, 1.807) is 37.4 Å². The monoisotopic (exact) mass is 404 g/mol. The Morgan fingerprint density at radius 3 is 2.57 bits per heavy atom. The highest BCUT2D eigenvalue weighted by molar-refractivity contribution is 6.03. The lowest BCUT2D eigenvalue weighted by atomic mass is 10.1. The van der Waals surface area contributed by atoms with Crippen LogP contribution in [0.15, 0.2) is 61.2 Å². The van der Waals surface area contributed by atoms with Gasteiger partial charge in [-0.1, -0.05) is 12.1 Å². The molecule has 30 heavy (non-hydrogen) atoms. The zero-order valence-corrected chi connectivity index (χ0v) is 16.5. The first kappa shape index (κ1) is 19.2. The fourth-order valence-electron chi connectivity index (χ4n) is 2.97. The maximum Gasteiger partial charge on any atom is 0.273 e. The Balaban J connectivity index is 1.44. The van der Waals surface area contributed by atoms with Crippen molar-refractivity contribution in [3.05, 3.63) is 72.4 Å². The van der Waals surface area contributed by atoms with Crippen molar-refractivity contribution in [2.45, 2.75) is 6.54 Å². The Labute approximate surface area is 172 Å². The van der Waals surface area contributed by atoms with E-state index in [0.29, 0.717) is 35.1 Å². The van der Waals surface area contributed by atoms with Gasteiger partial charge in [0.25, 0.3) is 5.91 Å². The van der Waals surface area contributed by atoms with Crippen LogP contribution < -0.4 is 14.8 Å². The molecule has 0 unspecified atom stereocenters. The third kappa shape index (κ3) is 4.14. The van der Waals surface area contributed by atoms with Gasteiger partial charge in [0.2, 0.25) is 0 Å². The second-order valence-corrected chi connectivity index (χ2v) is 6.48. The van der Waals surface area contributed by atoms with Crippen molar-refractivity contribution in [2.75, 3.05) is 19.5 Å². The number of methoxy groups -OCH3 is 2. The number of hydrogen-bond acceptors (Lipinski definition) is 6. The molecule has 2 N–H and O–H groups in total. The van der Waals surface area contributed by atoms with Gasteiger partial charge in [-0.2, -0.15) is 10.2 Å².